The van der Waals surface area contributed by atoms with Crippen molar-refractivity contribution >= 4 is 15.9 Å². The second-order valence-corrected chi connectivity index (χ2v) is 6.81. The molecule has 3 rings (SSSR count). The molecule has 1 N–H and O–H groups in total. The molecule has 0 radical (unpaired) electrons. The van der Waals surface area contributed by atoms with Crippen LogP contribution in [0.5, 0.6) is 0 Å². The minimum Gasteiger partial charge on any atom is -0.375 e. The first-order valence-corrected chi connectivity index (χ1v) is 7.80. The van der Waals surface area contributed by atoms with E-state index in [1.165, 1.54) is 6.07 Å². The number of hydrogen-bond donors (Lipinski definition) is 1. The topological polar surface area (TPSA) is 30.5 Å². The summed E-state index contributed by atoms with van der Waals surface area (Å²) < 4.78 is 19.9. The van der Waals surface area contributed by atoms with Crippen LogP contribution in [-0.2, 0) is 15.1 Å². The van der Waals surface area contributed by atoms with Crippen LogP contribution in [0.3, 0.4) is 0 Å². The molecule has 20 heavy (non-hydrogen) atoms. The highest BCUT2D eigenvalue weighted by Crippen LogP contribution is 2.48. The summed E-state index contributed by atoms with van der Waals surface area (Å²) in [6.07, 6.45) is 2.27. The lowest BCUT2D eigenvalue weighted by atomic mass is 9.82. The summed E-state index contributed by atoms with van der Waals surface area (Å²) in [5, 5.41) is 0. The predicted molar refractivity (Wildman–Crippen MR) is 77.6 cm³/mol. The van der Waals surface area contributed by atoms with E-state index in [2.05, 4.69) is 35.3 Å². The molecule has 1 heterocycles. The number of ether oxygens (including phenoxy) is 1. The smallest absolute Gasteiger partial charge is 0.137 e. The zero-order chi connectivity index (χ0) is 14.3. The van der Waals surface area contributed by atoms with Crippen LogP contribution in [0.25, 0.3) is 0 Å². The molecule has 2 fully saturated rings. The molecule has 110 valence electrons. The Balaban J connectivity index is 1.90. The van der Waals surface area contributed by atoms with Gasteiger partial charge in [0.15, 0.2) is 0 Å². The Morgan fingerprint density at radius 3 is 3.00 bits per heavy atom. The molecule has 5 heteroatoms. The first-order valence-electron chi connectivity index (χ1n) is 7.01. The molecule has 2 aliphatic rings. The predicted octanol–water partition coefficient (Wildman–Crippen LogP) is 3.52. The summed E-state index contributed by atoms with van der Waals surface area (Å²) in [6, 6.07) is 5.19. The number of halogens is 2. The van der Waals surface area contributed by atoms with Crippen LogP contribution in [-0.4, -0.2) is 18.8 Å². The fourth-order valence-electron chi connectivity index (χ4n) is 3.41. The van der Waals surface area contributed by atoms with E-state index in [4.69, 9.17) is 9.57 Å². The summed E-state index contributed by atoms with van der Waals surface area (Å²) in [4.78, 5) is 5.48. The highest BCUT2D eigenvalue weighted by atomic mass is 79.9. The second kappa shape index (κ2) is 5.37. The summed E-state index contributed by atoms with van der Waals surface area (Å²) in [7, 11) is 0. The van der Waals surface area contributed by atoms with E-state index in [-0.39, 0.29) is 23.6 Å². The van der Waals surface area contributed by atoms with Crippen LogP contribution in [0.4, 0.5) is 4.39 Å². The van der Waals surface area contributed by atoms with Crippen LogP contribution in [0.1, 0.15) is 32.3 Å². The van der Waals surface area contributed by atoms with E-state index in [1.807, 2.05) is 12.1 Å². The van der Waals surface area contributed by atoms with Crippen molar-refractivity contribution < 1.29 is 14.0 Å². The highest BCUT2D eigenvalue weighted by molar-refractivity contribution is 9.10. The van der Waals surface area contributed by atoms with Gasteiger partial charge < -0.3 is 9.57 Å². The number of rotatable bonds is 3. The Bertz CT molecular complexity index is 511. The SMILES string of the molecule is CC(C)OC1CC2CONC2(c2ccc(F)c(Br)c2)C1. The molecule has 3 nitrogen and oxygen atoms in total. The van der Waals surface area contributed by atoms with Gasteiger partial charge in [-0.2, -0.15) is 5.48 Å². The second-order valence-electron chi connectivity index (χ2n) is 5.96. The number of nitrogens with one attached hydrogen (secondary N) is 1. The lowest BCUT2D eigenvalue weighted by Crippen LogP contribution is -2.39. The average Bonchev–Trinajstić information content (AvgIpc) is 2.89. The van der Waals surface area contributed by atoms with Crippen molar-refractivity contribution in [2.75, 3.05) is 6.61 Å². The van der Waals surface area contributed by atoms with Crippen molar-refractivity contribution in [1.29, 1.82) is 0 Å². The highest BCUT2D eigenvalue weighted by Gasteiger charge is 2.53. The Morgan fingerprint density at radius 1 is 1.50 bits per heavy atom. The van der Waals surface area contributed by atoms with E-state index in [0.29, 0.717) is 17.0 Å². The molecule has 1 aliphatic heterocycles. The molecule has 0 spiro atoms. The van der Waals surface area contributed by atoms with Crippen molar-refractivity contribution in [3.05, 3.63) is 34.1 Å². The molecule has 1 aromatic rings. The monoisotopic (exact) mass is 343 g/mol. The molecule has 3 unspecified atom stereocenters. The van der Waals surface area contributed by atoms with Gasteiger partial charge in [-0.3, -0.25) is 0 Å². The third kappa shape index (κ3) is 2.41. The van der Waals surface area contributed by atoms with Gasteiger partial charge in [0.25, 0.3) is 0 Å². The van der Waals surface area contributed by atoms with Gasteiger partial charge in [0, 0.05) is 5.92 Å². The summed E-state index contributed by atoms with van der Waals surface area (Å²) in [5.41, 5.74) is 3.98. The first-order chi connectivity index (χ1) is 9.51. The molecule has 1 aliphatic carbocycles. The normalized spacial score (nSPS) is 32.9. The van der Waals surface area contributed by atoms with Gasteiger partial charge in [0.05, 0.1) is 28.8 Å². The van der Waals surface area contributed by atoms with Gasteiger partial charge >= 0.3 is 0 Å². The minimum absolute atomic E-state index is 0.219. The number of benzene rings is 1. The summed E-state index contributed by atoms with van der Waals surface area (Å²) >= 11 is 3.27. The van der Waals surface area contributed by atoms with E-state index >= 15 is 0 Å². The van der Waals surface area contributed by atoms with Crippen LogP contribution < -0.4 is 5.48 Å². The lowest BCUT2D eigenvalue weighted by molar-refractivity contribution is -0.0152. The van der Waals surface area contributed by atoms with Gasteiger partial charge in [-0.05, 0) is 60.3 Å². The number of hydroxylamine groups is 1. The molecule has 3 atom stereocenters. The van der Waals surface area contributed by atoms with Gasteiger partial charge in [-0.25, -0.2) is 4.39 Å². The number of hydrogen-bond acceptors (Lipinski definition) is 3. The molecule has 1 saturated carbocycles. The van der Waals surface area contributed by atoms with Crippen molar-refractivity contribution in [3.8, 4) is 0 Å². The lowest BCUT2D eigenvalue weighted by Gasteiger charge is -2.28. The molecule has 0 bridgehead atoms. The molecule has 0 amide bonds. The van der Waals surface area contributed by atoms with E-state index < -0.39 is 0 Å². The molecule has 1 saturated heterocycles. The zero-order valence-electron chi connectivity index (χ0n) is 11.7. The molecule has 0 aromatic heterocycles. The molecular weight excluding hydrogens is 325 g/mol. The molecular formula is C15H19BrFNO2. The first kappa shape index (κ1) is 14.4. The summed E-state index contributed by atoms with van der Waals surface area (Å²) in [6.45, 7) is 4.78. The summed E-state index contributed by atoms with van der Waals surface area (Å²) in [5.74, 6) is 0.122. The maximum absolute atomic E-state index is 13.5. The quantitative estimate of drug-likeness (QED) is 0.910. The maximum Gasteiger partial charge on any atom is 0.137 e. The Hall–Kier alpha value is -0.490. The Labute approximate surface area is 126 Å². The van der Waals surface area contributed by atoms with Gasteiger partial charge in [-0.1, -0.05) is 6.07 Å². The molecule has 1 aromatic carbocycles. The maximum atomic E-state index is 13.5. The van der Waals surface area contributed by atoms with Crippen LogP contribution >= 0.6 is 15.9 Å². The van der Waals surface area contributed by atoms with Crippen LogP contribution in [0, 0.1) is 11.7 Å². The van der Waals surface area contributed by atoms with Crippen LogP contribution in [0.2, 0.25) is 0 Å². The number of fused-ring (bicyclic) bond motifs is 1. The minimum atomic E-state index is -0.254. The Morgan fingerprint density at radius 2 is 2.30 bits per heavy atom. The Kier molecular flexibility index (Phi) is 3.88. The average molecular weight is 344 g/mol. The van der Waals surface area contributed by atoms with E-state index in [1.54, 1.807) is 0 Å². The van der Waals surface area contributed by atoms with Gasteiger partial charge in [-0.15, -0.1) is 0 Å². The van der Waals surface area contributed by atoms with Crippen LogP contribution in [0.15, 0.2) is 22.7 Å². The van der Waals surface area contributed by atoms with E-state index in [0.717, 1.165) is 18.4 Å². The third-order valence-electron chi connectivity index (χ3n) is 4.23. The van der Waals surface area contributed by atoms with Gasteiger partial charge in [0.2, 0.25) is 0 Å². The fraction of sp³-hybridized carbons (Fsp3) is 0.600. The van der Waals surface area contributed by atoms with Crippen molar-refractivity contribution in [3.63, 3.8) is 0 Å². The fourth-order valence-corrected chi connectivity index (χ4v) is 3.79. The van der Waals surface area contributed by atoms with Crippen molar-refractivity contribution in [2.24, 2.45) is 5.92 Å². The van der Waals surface area contributed by atoms with E-state index in [9.17, 15) is 4.39 Å². The van der Waals surface area contributed by atoms with Crippen molar-refractivity contribution in [2.45, 2.75) is 44.4 Å². The third-order valence-corrected chi connectivity index (χ3v) is 4.84. The zero-order valence-corrected chi connectivity index (χ0v) is 13.2. The standard InChI is InChI=1S/C15H19BrFNO2/c1-9(2)20-12-5-11-8-19-18-15(11,7-12)10-3-4-14(17)13(16)6-10/h3-4,6,9,11-12,18H,5,7-8H2,1-2H3. The van der Waals surface area contributed by atoms with Crippen molar-refractivity contribution in [1.82, 2.24) is 5.48 Å². The largest absolute Gasteiger partial charge is 0.375 e. The van der Waals surface area contributed by atoms with Gasteiger partial charge in [0.1, 0.15) is 5.82 Å².